The van der Waals surface area contributed by atoms with E-state index in [9.17, 15) is 19.2 Å². The number of rotatable bonds is 5. The van der Waals surface area contributed by atoms with Crippen molar-refractivity contribution in [2.24, 2.45) is 10.9 Å². The summed E-state index contributed by atoms with van der Waals surface area (Å²) in [7, 11) is 0. The lowest BCUT2D eigenvalue weighted by Gasteiger charge is -2.31. The van der Waals surface area contributed by atoms with Crippen molar-refractivity contribution in [2.45, 2.75) is 19.4 Å². The first-order valence-electron chi connectivity index (χ1n) is 9.52. The second kappa shape index (κ2) is 10.3. The van der Waals surface area contributed by atoms with Crippen molar-refractivity contribution in [3.05, 3.63) is 64.4 Å². The lowest BCUT2D eigenvalue weighted by molar-refractivity contribution is -0.118. The summed E-state index contributed by atoms with van der Waals surface area (Å²) in [5.41, 5.74) is 3.19. The van der Waals surface area contributed by atoms with Crippen LogP contribution in [0.2, 0.25) is 0 Å². The molecule has 158 valence electrons. The highest BCUT2D eigenvalue weighted by atomic mass is 79.9. The Kier molecular flexibility index (Phi) is 7.53. The number of halogens is 2. The quantitative estimate of drug-likeness (QED) is 0.347. The van der Waals surface area contributed by atoms with Crippen LogP contribution in [0.5, 0.6) is 0 Å². The Morgan fingerprint density at radius 3 is 2.50 bits per heavy atom. The maximum Gasteiger partial charge on any atom is 0.317 e. The zero-order valence-electron chi connectivity index (χ0n) is 16.1. The molecule has 0 aliphatic carbocycles. The first-order chi connectivity index (χ1) is 14.5. The number of hydrogen-bond acceptors (Lipinski definition) is 4. The van der Waals surface area contributed by atoms with Crippen LogP contribution in [0.25, 0.3) is 0 Å². The van der Waals surface area contributed by atoms with Crippen molar-refractivity contribution in [3.63, 3.8) is 0 Å². The van der Waals surface area contributed by atoms with Crippen LogP contribution >= 0.6 is 15.9 Å². The van der Waals surface area contributed by atoms with E-state index < -0.39 is 5.82 Å². The number of carbonyl (C=O) groups excluding carboxylic acids is 2. The van der Waals surface area contributed by atoms with Gasteiger partial charge in [-0.05, 0) is 52.5 Å². The van der Waals surface area contributed by atoms with E-state index >= 15 is 0 Å². The van der Waals surface area contributed by atoms with Gasteiger partial charge in [-0.1, -0.05) is 30.3 Å². The van der Waals surface area contributed by atoms with Crippen LogP contribution in [0.4, 0.5) is 14.9 Å². The van der Waals surface area contributed by atoms with Crippen LogP contribution in [-0.2, 0) is 11.3 Å². The van der Waals surface area contributed by atoms with E-state index in [-0.39, 0.29) is 28.0 Å². The smallest absolute Gasteiger partial charge is 0.317 e. The fourth-order valence-corrected chi connectivity index (χ4v) is 3.61. The molecule has 0 unspecified atom stereocenters. The highest BCUT2D eigenvalue weighted by molar-refractivity contribution is 9.10. The normalized spacial score (nSPS) is 15.0. The molecule has 3 rings (SSSR count). The van der Waals surface area contributed by atoms with E-state index in [1.54, 1.807) is 4.90 Å². The molecule has 1 aliphatic heterocycles. The van der Waals surface area contributed by atoms with Crippen LogP contribution in [0.1, 0.15) is 18.4 Å². The van der Waals surface area contributed by atoms with Gasteiger partial charge in [0.15, 0.2) is 5.84 Å². The minimum Gasteiger partial charge on any atom is -0.334 e. The molecule has 1 fully saturated rings. The number of Topliss-reactive ketones (excluding diaryl/α,β-unsaturated/α-hetero) is 1. The van der Waals surface area contributed by atoms with Gasteiger partial charge in [-0.2, -0.15) is 0 Å². The number of benzene rings is 2. The number of nitrogens with zero attached hydrogens (tertiary/aromatic N) is 2. The number of aliphatic imine (C=N–C) groups is 1. The van der Waals surface area contributed by atoms with Crippen LogP contribution in [0.15, 0.2) is 58.0 Å². The minimum atomic E-state index is -0.448. The first kappa shape index (κ1) is 21.9. The molecule has 1 saturated heterocycles. The maximum atomic E-state index is 13.4. The number of nitrogens with one attached hydrogen (secondary N) is 2. The number of hydroxylamine groups is 1. The van der Waals surface area contributed by atoms with E-state index in [2.05, 4.69) is 26.2 Å². The summed E-state index contributed by atoms with van der Waals surface area (Å²) in [6, 6.07) is 13.5. The fourth-order valence-electron chi connectivity index (χ4n) is 3.24. The lowest BCUT2D eigenvalue weighted by atomic mass is 9.92. The van der Waals surface area contributed by atoms with E-state index in [0.717, 1.165) is 5.56 Å². The first-order valence-corrected chi connectivity index (χ1v) is 10.3. The summed E-state index contributed by atoms with van der Waals surface area (Å²) in [5, 5.41) is 12.2. The van der Waals surface area contributed by atoms with Gasteiger partial charge >= 0.3 is 6.03 Å². The Balaban J connectivity index is 1.55. The van der Waals surface area contributed by atoms with Gasteiger partial charge in [0, 0.05) is 25.6 Å². The maximum absolute atomic E-state index is 13.4. The molecule has 1 heterocycles. The second-order valence-electron chi connectivity index (χ2n) is 6.94. The van der Waals surface area contributed by atoms with Gasteiger partial charge in [-0.25, -0.2) is 19.7 Å². The number of amidine groups is 1. The summed E-state index contributed by atoms with van der Waals surface area (Å²) in [6.07, 6.45) is 0.927. The largest absolute Gasteiger partial charge is 0.334 e. The molecule has 0 spiro atoms. The molecule has 9 heteroatoms. The molecule has 1 aliphatic rings. The summed E-state index contributed by atoms with van der Waals surface area (Å²) in [5.74, 6) is -1.37. The highest BCUT2D eigenvalue weighted by Crippen LogP contribution is 2.23. The molecule has 2 amide bonds. The summed E-state index contributed by atoms with van der Waals surface area (Å²) in [4.78, 5) is 30.8. The van der Waals surface area contributed by atoms with E-state index in [1.807, 2.05) is 35.8 Å². The number of amides is 2. The molecule has 0 saturated carbocycles. The molecular formula is C21H22BrFN4O3. The Morgan fingerprint density at radius 2 is 1.87 bits per heavy atom. The van der Waals surface area contributed by atoms with Crippen molar-refractivity contribution in [1.29, 1.82) is 0 Å². The molecule has 3 N–H and O–H groups in total. The highest BCUT2D eigenvalue weighted by Gasteiger charge is 2.30. The van der Waals surface area contributed by atoms with Gasteiger partial charge in [-0.3, -0.25) is 10.0 Å². The monoisotopic (exact) mass is 476 g/mol. The van der Waals surface area contributed by atoms with Gasteiger partial charge in [0.1, 0.15) is 5.82 Å². The van der Waals surface area contributed by atoms with Gasteiger partial charge in [0.25, 0.3) is 0 Å². The van der Waals surface area contributed by atoms with Crippen molar-refractivity contribution >= 4 is 39.3 Å². The molecule has 0 bridgehead atoms. The summed E-state index contributed by atoms with van der Waals surface area (Å²) in [6.45, 7) is 1.30. The van der Waals surface area contributed by atoms with Crippen LogP contribution in [-0.4, -0.2) is 40.8 Å². The number of ketones is 1. The standard InChI is InChI=1S/C21H22BrFN4O3/c22-17-12-16(6-7-18(17)23)25-20(26-30)19(28)15-8-10-27(11-9-15)21(29)24-13-14-4-2-1-3-5-14/h1-7,12,15,30H,8-11,13H2,(H,24,29)(H,25,26). The zero-order chi connectivity index (χ0) is 21.5. The van der Waals surface area contributed by atoms with Crippen LogP contribution in [0, 0.1) is 11.7 Å². The molecular weight excluding hydrogens is 455 g/mol. The van der Waals surface area contributed by atoms with Crippen molar-refractivity contribution < 1.29 is 19.2 Å². The van der Waals surface area contributed by atoms with Crippen molar-refractivity contribution in [1.82, 2.24) is 15.7 Å². The van der Waals surface area contributed by atoms with Crippen LogP contribution in [0.3, 0.4) is 0 Å². The number of piperidine rings is 1. The number of carbonyl (C=O) groups is 2. The van der Waals surface area contributed by atoms with E-state index in [1.165, 1.54) is 18.2 Å². The fraction of sp³-hybridized carbons (Fsp3) is 0.286. The molecule has 2 aromatic rings. The average Bonchev–Trinajstić information content (AvgIpc) is 2.78. The van der Waals surface area contributed by atoms with Crippen LogP contribution < -0.4 is 10.8 Å². The van der Waals surface area contributed by atoms with E-state index in [4.69, 9.17) is 0 Å². The molecule has 0 aromatic heterocycles. The van der Waals surface area contributed by atoms with Gasteiger partial charge in [0.2, 0.25) is 5.78 Å². The lowest BCUT2D eigenvalue weighted by Crippen LogP contribution is -2.46. The van der Waals surface area contributed by atoms with Gasteiger partial charge in [0.05, 0.1) is 10.2 Å². The molecule has 0 atom stereocenters. The minimum absolute atomic E-state index is 0.171. The SMILES string of the molecule is O=C(C(=Nc1ccc(F)c(Br)c1)NO)C1CCN(C(=O)NCc2ccccc2)CC1. The Bertz CT molecular complexity index is 931. The topological polar surface area (TPSA) is 94.0 Å². The molecule has 0 radical (unpaired) electrons. The summed E-state index contributed by atoms with van der Waals surface area (Å²) < 4.78 is 13.6. The number of likely N-dealkylation sites (tertiary alicyclic amines) is 1. The molecule has 7 nitrogen and oxygen atoms in total. The van der Waals surface area contributed by atoms with Gasteiger partial charge < -0.3 is 10.2 Å². The third-order valence-corrected chi connectivity index (χ3v) is 5.53. The van der Waals surface area contributed by atoms with Gasteiger partial charge in [-0.15, -0.1) is 0 Å². The zero-order valence-corrected chi connectivity index (χ0v) is 17.7. The Morgan fingerprint density at radius 1 is 1.17 bits per heavy atom. The second-order valence-corrected chi connectivity index (χ2v) is 7.79. The molecule has 2 aromatic carbocycles. The third-order valence-electron chi connectivity index (χ3n) is 4.92. The Labute approximate surface area is 182 Å². The Hall–Kier alpha value is -2.78. The predicted octanol–water partition coefficient (Wildman–Crippen LogP) is 3.79. The van der Waals surface area contributed by atoms with Crippen molar-refractivity contribution in [3.8, 4) is 0 Å². The predicted molar refractivity (Wildman–Crippen MR) is 114 cm³/mol. The number of urea groups is 1. The average molecular weight is 477 g/mol. The number of hydrogen-bond donors (Lipinski definition) is 3. The van der Waals surface area contributed by atoms with Crippen molar-refractivity contribution in [2.75, 3.05) is 13.1 Å². The third kappa shape index (κ3) is 5.64. The molecule has 30 heavy (non-hydrogen) atoms. The summed E-state index contributed by atoms with van der Waals surface area (Å²) >= 11 is 3.06. The van der Waals surface area contributed by atoms with E-state index in [0.29, 0.717) is 38.2 Å².